The Balaban J connectivity index is 1.83. The Hall–Kier alpha value is -1.81. The van der Waals surface area contributed by atoms with Crippen LogP contribution in [0.1, 0.15) is 55.6 Å². The number of hydrogen-bond donors (Lipinski definition) is 0. The molecule has 1 aromatic rings. The minimum Gasteiger partial charge on any atom is -0.192 e. The molecule has 0 atom stereocenters. The predicted molar refractivity (Wildman–Crippen MR) is 84.4 cm³/mol. The van der Waals surface area contributed by atoms with Gasteiger partial charge in [0.2, 0.25) is 0 Å². The van der Waals surface area contributed by atoms with Crippen molar-refractivity contribution in [1.82, 2.24) is 0 Å². The molecule has 20 heavy (non-hydrogen) atoms. The zero-order chi connectivity index (χ0) is 14.2. The lowest BCUT2D eigenvalue weighted by atomic mass is 9.78. The highest BCUT2D eigenvalue weighted by molar-refractivity contribution is 5.33. The van der Waals surface area contributed by atoms with Gasteiger partial charge in [-0.2, -0.15) is 5.26 Å². The normalized spacial score (nSPS) is 22.6. The summed E-state index contributed by atoms with van der Waals surface area (Å²) in [6, 6.07) is 10.3. The smallest absolute Gasteiger partial charge is 0.0991 e. The molecule has 1 heteroatoms. The molecule has 0 saturated heterocycles. The highest BCUT2D eigenvalue weighted by atomic mass is 14.3. The molecule has 2 rings (SSSR count). The van der Waals surface area contributed by atoms with Gasteiger partial charge in [-0.3, -0.25) is 0 Å². The van der Waals surface area contributed by atoms with E-state index in [4.69, 9.17) is 5.26 Å². The Kier molecular flexibility index (Phi) is 5.62. The Labute approximate surface area is 122 Å². The molecule has 0 bridgehead atoms. The summed E-state index contributed by atoms with van der Waals surface area (Å²) < 4.78 is 0. The number of allylic oxidation sites excluding steroid dienone is 3. The maximum Gasteiger partial charge on any atom is 0.0991 e. The lowest BCUT2D eigenvalue weighted by Gasteiger charge is -2.27. The summed E-state index contributed by atoms with van der Waals surface area (Å²) in [5.74, 6) is 1.44. The molecule has 1 aromatic carbocycles. The Morgan fingerprint density at radius 3 is 2.40 bits per heavy atom. The summed E-state index contributed by atoms with van der Waals surface area (Å²) in [6.45, 7) is 3.75. The van der Waals surface area contributed by atoms with E-state index in [-0.39, 0.29) is 0 Å². The van der Waals surface area contributed by atoms with Crippen LogP contribution in [0.2, 0.25) is 0 Å². The molecule has 1 aliphatic rings. The molecule has 0 aromatic heterocycles. The highest BCUT2D eigenvalue weighted by Crippen LogP contribution is 2.36. The van der Waals surface area contributed by atoms with Crippen LogP contribution in [0.3, 0.4) is 0 Å². The van der Waals surface area contributed by atoms with Gasteiger partial charge in [-0.15, -0.1) is 6.58 Å². The van der Waals surface area contributed by atoms with Crippen molar-refractivity contribution in [2.75, 3.05) is 0 Å². The quantitative estimate of drug-likeness (QED) is 0.519. The van der Waals surface area contributed by atoms with Crippen LogP contribution >= 0.6 is 0 Å². The first-order valence-corrected chi connectivity index (χ1v) is 7.61. The molecule has 0 spiro atoms. The van der Waals surface area contributed by atoms with Gasteiger partial charge in [0.25, 0.3) is 0 Å². The van der Waals surface area contributed by atoms with E-state index in [2.05, 4.69) is 36.9 Å². The second-order valence-electron chi connectivity index (χ2n) is 5.64. The van der Waals surface area contributed by atoms with E-state index < -0.39 is 0 Å². The number of rotatable bonds is 5. The summed E-state index contributed by atoms with van der Waals surface area (Å²) in [7, 11) is 0. The third-order valence-corrected chi connectivity index (χ3v) is 4.23. The minimum atomic E-state index is 0.681. The first kappa shape index (κ1) is 14.6. The molecule has 1 aliphatic carbocycles. The minimum absolute atomic E-state index is 0.681. The van der Waals surface area contributed by atoms with E-state index in [1.807, 2.05) is 18.2 Å². The van der Waals surface area contributed by atoms with Crippen molar-refractivity contribution in [3.05, 3.63) is 60.2 Å². The summed E-state index contributed by atoms with van der Waals surface area (Å²) in [5, 5.41) is 8.83. The van der Waals surface area contributed by atoms with Crippen LogP contribution in [-0.4, -0.2) is 0 Å². The molecule has 104 valence electrons. The molecule has 1 fully saturated rings. The third-order valence-electron chi connectivity index (χ3n) is 4.23. The second kappa shape index (κ2) is 7.70. The van der Waals surface area contributed by atoms with Crippen LogP contribution in [0, 0.1) is 17.2 Å². The van der Waals surface area contributed by atoms with Gasteiger partial charge in [-0.25, -0.2) is 0 Å². The standard InChI is InChI=1S/C19H23N/c1-2-3-4-5-6-16-7-11-18(12-8-16)19-13-9-17(15-20)10-14-19/h2,5-6,9-10,13-14,16,18H,1,3-4,7-8,11-12H2/b6-5+. The zero-order valence-corrected chi connectivity index (χ0v) is 12.1. The van der Waals surface area contributed by atoms with Crippen molar-refractivity contribution in [2.24, 2.45) is 5.92 Å². The van der Waals surface area contributed by atoms with Gasteiger partial charge in [-0.1, -0.05) is 30.4 Å². The highest BCUT2D eigenvalue weighted by Gasteiger charge is 2.20. The molecule has 0 radical (unpaired) electrons. The monoisotopic (exact) mass is 265 g/mol. The van der Waals surface area contributed by atoms with Gasteiger partial charge in [0.05, 0.1) is 11.6 Å². The maximum absolute atomic E-state index is 8.83. The summed E-state index contributed by atoms with van der Waals surface area (Å²) in [5.41, 5.74) is 2.16. The largest absolute Gasteiger partial charge is 0.192 e. The molecule has 0 unspecified atom stereocenters. The second-order valence-corrected chi connectivity index (χ2v) is 5.64. The number of nitriles is 1. The molecule has 0 N–H and O–H groups in total. The van der Waals surface area contributed by atoms with Crippen molar-refractivity contribution in [3.63, 3.8) is 0 Å². The average Bonchev–Trinajstić information content (AvgIpc) is 2.52. The predicted octanol–water partition coefficient (Wildman–Crippen LogP) is 5.35. The van der Waals surface area contributed by atoms with Crippen molar-refractivity contribution in [3.8, 4) is 6.07 Å². The van der Waals surface area contributed by atoms with Crippen LogP contribution < -0.4 is 0 Å². The Bertz CT molecular complexity index is 481. The van der Waals surface area contributed by atoms with Gasteiger partial charge < -0.3 is 0 Å². The third kappa shape index (κ3) is 4.10. The lowest BCUT2D eigenvalue weighted by Crippen LogP contribution is -2.11. The van der Waals surface area contributed by atoms with Crippen LogP contribution in [-0.2, 0) is 0 Å². The van der Waals surface area contributed by atoms with Crippen molar-refractivity contribution in [2.45, 2.75) is 44.4 Å². The van der Waals surface area contributed by atoms with Crippen LogP contribution in [0.4, 0.5) is 0 Å². The molecule has 0 heterocycles. The van der Waals surface area contributed by atoms with E-state index in [0.717, 1.165) is 24.3 Å². The SMILES string of the molecule is C=CCC/C=C/C1CCC(c2ccc(C#N)cc2)CC1. The van der Waals surface area contributed by atoms with Gasteiger partial charge in [0.15, 0.2) is 0 Å². The summed E-state index contributed by atoms with van der Waals surface area (Å²) in [4.78, 5) is 0. The fourth-order valence-electron chi connectivity index (χ4n) is 2.98. The van der Waals surface area contributed by atoms with Crippen LogP contribution in [0.25, 0.3) is 0 Å². The molecule has 1 saturated carbocycles. The Morgan fingerprint density at radius 1 is 1.10 bits per heavy atom. The van der Waals surface area contributed by atoms with Gasteiger partial charge in [0, 0.05) is 0 Å². The lowest BCUT2D eigenvalue weighted by molar-refractivity contribution is 0.375. The molecular formula is C19H23N. The number of unbranched alkanes of at least 4 members (excludes halogenated alkanes) is 1. The van der Waals surface area contributed by atoms with Gasteiger partial charge in [-0.05, 0) is 68.1 Å². The van der Waals surface area contributed by atoms with E-state index in [0.29, 0.717) is 5.92 Å². The van der Waals surface area contributed by atoms with Crippen LogP contribution in [0.15, 0.2) is 49.1 Å². The number of benzene rings is 1. The molecule has 1 nitrogen and oxygen atoms in total. The van der Waals surface area contributed by atoms with Crippen molar-refractivity contribution < 1.29 is 0 Å². The molecular weight excluding hydrogens is 242 g/mol. The van der Waals surface area contributed by atoms with Crippen molar-refractivity contribution in [1.29, 1.82) is 5.26 Å². The van der Waals surface area contributed by atoms with E-state index >= 15 is 0 Å². The fraction of sp³-hybridized carbons (Fsp3) is 0.421. The van der Waals surface area contributed by atoms with Crippen molar-refractivity contribution >= 4 is 0 Å². The van der Waals surface area contributed by atoms with E-state index in [9.17, 15) is 0 Å². The molecule has 0 amide bonds. The van der Waals surface area contributed by atoms with E-state index in [1.54, 1.807) is 0 Å². The molecule has 0 aliphatic heterocycles. The fourth-order valence-corrected chi connectivity index (χ4v) is 2.98. The maximum atomic E-state index is 8.83. The van der Waals surface area contributed by atoms with E-state index in [1.165, 1.54) is 31.2 Å². The summed E-state index contributed by atoms with van der Waals surface area (Å²) >= 11 is 0. The van der Waals surface area contributed by atoms with Gasteiger partial charge >= 0.3 is 0 Å². The topological polar surface area (TPSA) is 23.8 Å². The van der Waals surface area contributed by atoms with Gasteiger partial charge in [0.1, 0.15) is 0 Å². The summed E-state index contributed by atoms with van der Waals surface area (Å²) in [6.07, 6.45) is 14.0. The Morgan fingerprint density at radius 2 is 1.80 bits per heavy atom. The first-order chi connectivity index (χ1) is 9.83. The first-order valence-electron chi connectivity index (χ1n) is 7.61. The number of nitrogens with zero attached hydrogens (tertiary/aromatic N) is 1. The number of hydrogen-bond acceptors (Lipinski definition) is 1. The average molecular weight is 265 g/mol. The van der Waals surface area contributed by atoms with Crippen LogP contribution in [0.5, 0.6) is 0 Å². The zero-order valence-electron chi connectivity index (χ0n) is 12.1.